The van der Waals surface area contributed by atoms with E-state index in [1.165, 1.54) is 44.5 Å². The molecule has 0 N–H and O–H groups in total. The van der Waals surface area contributed by atoms with Crippen molar-refractivity contribution in [3.63, 3.8) is 0 Å². The quantitative estimate of drug-likeness (QED) is 0.624. The summed E-state index contributed by atoms with van der Waals surface area (Å²) in [4.78, 5) is 0. The topological polar surface area (TPSA) is 0 Å². The van der Waals surface area contributed by atoms with Crippen LogP contribution in [0.4, 0.5) is 0 Å². The molecule has 0 aromatic heterocycles. The number of benzene rings is 2. The van der Waals surface area contributed by atoms with Crippen LogP contribution in [0.3, 0.4) is 0 Å². The molecule has 0 saturated heterocycles. The maximum absolute atomic E-state index is 2.43. The van der Waals surface area contributed by atoms with Crippen molar-refractivity contribution in [1.82, 2.24) is 0 Å². The molecule has 2 aliphatic rings. The van der Waals surface area contributed by atoms with Gasteiger partial charge in [0, 0.05) is 0 Å². The van der Waals surface area contributed by atoms with E-state index < -0.39 is 0 Å². The molecule has 0 fully saturated rings. The molecule has 2 aromatic rings. The third-order valence-electron chi connectivity index (χ3n) is 5.08. The van der Waals surface area contributed by atoms with Crippen LogP contribution in [0.2, 0.25) is 0 Å². The normalized spacial score (nSPS) is 19.3. The Kier molecular flexibility index (Phi) is 3.34. The minimum atomic E-state index is 0.527. The Morgan fingerprint density at radius 2 is 1.70 bits per heavy atom. The summed E-state index contributed by atoms with van der Waals surface area (Å²) < 4.78 is 0. The number of aryl methyl sites for hydroxylation is 2. The fourth-order valence-electron chi connectivity index (χ4n) is 3.74. The minimum absolute atomic E-state index is 0.527. The van der Waals surface area contributed by atoms with Gasteiger partial charge in [-0.2, -0.15) is 0 Å². The Balaban J connectivity index is 2.03. The molecule has 2 aliphatic carbocycles. The Labute approximate surface area is 138 Å². The van der Waals surface area contributed by atoms with Gasteiger partial charge in [-0.05, 0) is 70.7 Å². The molecule has 0 aliphatic heterocycles. The van der Waals surface area contributed by atoms with Crippen LogP contribution in [0, 0.1) is 19.8 Å². The highest BCUT2D eigenvalue weighted by atomic mass is 14.3. The summed E-state index contributed by atoms with van der Waals surface area (Å²) >= 11 is 0. The first-order valence-corrected chi connectivity index (χ1v) is 8.43. The van der Waals surface area contributed by atoms with Gasteiger partial charge in [0.05, 0.1) is 0 Å². The third-order valence-corrected chi connectivity index (χ3v) is 5.08. The fourth-order valence-corrected chi connectivity index (χ4v) is 3.74. The minimum Gasteiger partial charge on any atom is -0.0773 e. The average molecular weight is 298 g/mol. The van der Waals surface area contributed by atoms with Gasteiger partial charge in [0.2, 0.25) is 0 Å². The third kappa shape index (κ3) is 2.39. The van der Waals surface area contributed by atoms with Gasteiger partial charge >= 0.3 is 0 Å². The Bertz CT molecular complexity index is 860. The Hall–Kier alpha value is -2.34. The van der Waals surface area contributed by atoms with Gasteiger partial charge in [-0.25, -0.2) is 0 Å². The van der Waals surface area contributed by atoms with Crippen molar-refractivity contribution >= 4 is 5.57 Å². The second-order valence-corrected chi connectivity index (χ2v) is 6.84. The predicted octanol–water partition coefficient (Wildman–Crippen LogP) is 5.79. The summed E-state index contributed by atoms with van der Waals surface area (Å²) in [6, 6.07) is 15.6. The molecule has 0 radical (unpaired) electrons. The number of hydrogen-bond donors (Lipinski definition) is 0. The van der Waals surface area contributed by atoms with Crippen LogP contribution >= 0.6 is 0 Å². The van der Waals surface area contributed by atoms with Crippen LogP contribution in [-0.2, 0) is 6.42 Å². The second kappa shape index (κ2) is 5.38. The smallest absolute Gasteiger partial charge is 0.00163 e. The molecule has 4 rings (SSSR count). The molecule has 0 saturated carbocycles. The van der Waals surface area contributed by atoms with Gasteiger partial charge in [-0.1, -0.05) is 67.6 Å². The standard InChI is InChI=1S/C23H22/c1-15-9-10-21-19(11-15)14-20-12-16(2)17(3)13-22(20)23(21)18-7-5-4-6-8-18/h4-13,15H,14H2,1-3H3. The molecule has 0 bridgehead atoms. The Morgan fingerprint density at radius 1 is 0.957 bits per heavy atom. The molecular formula is C23H22. The average Bonchev–Trinajstić information content (AvgIpc) is 2.55. The van der Waals surface area contributed by atoms with Gasteiger partial charge < -0.3 is 0 Å². The SMILES string of the molecule is Cc1cc2c(cc1C)C(c1ccccc1)=C1C=CC(C)C=C1C2. The van der Waals surface area contributed by atoms with E-state index in [0.717, 1.165) is 6.42 Å². The molecule has 1 unspecified atom stereocenters. The van der Waals surface area contributed by atoms with Gasteiger partial charge in [0.1, 0.15) is 0 Å². The highest BCUT2D eigenvalue weighted by Gasteiger charge is 2.24. The van der Waals surface area contributed by atoms with Crippen molar-refractivity contribution in [1.29, 1.82) is 0 Å². The van der Waals surface area contributed by atoms with E-state index in [-0.39, 0.29) is 0 Å². The first-order valence-electron chi connectivity index (χ1n) is 8.43. The van der Waals surface area contributed by atoms with Crippen molar-refractivity contribution in [2.75, 3.05) is 0 Å². The van der Waals surface area contributed by atoms with Gasteiger partial charge in [-0.3, -0.25) is 0 Å². The first-order chi connectivity index (χ1) is 11.1. The maximum atomic E-state index is 2.43. The lowest BCUT2D eigenvalue weighted by atomic mass is 9.75. The molecule has 2 aromatic carbocycles. The van der Waals surface area contributed by atoms with E-state index in [4.69, 9.17) is 0 Å². The van der Waals surface area contributed by atoms with Crippen LogP contribution in [0.1, 0.15) is 34.7 Å². The number of allylic oxidation sites excluding steroid dienone is 5. The van der Waals surface area contributed by atoms with Crippen LogP contribution in [-0.4, -0.2) is 0 Å². The van der Waals surface area contributed by atoms with E-state index in [9.17, 15) is 0 Å². The van der Waals surface area contributed by atoms with Gasteiger partial charge in [0.25, 0.3) is 0 Å². The molecule has 0 heterocycles. The number of rotatable bonds is 1. The number of fused-ring (bicyclic) bond motifs is 2. The summed E-state index contributed by atoms with van der Waals surface area (Å²) in [6.07, 6.45) is 8.13. The lowest BCUT2D eigenvalue weighted by molar-refractivity contribution is 0.896. The van der Waals surface area contributed by atoms with Crippen LogP contribution in [0.5, 0.6) is 0 Å². The van der Waals surface area contributed by atoms with Crippen molar-refractivity contribution in [2.45, 2.75) is 27.2 Å². The van der Waals surface area contributed by atoms with E-state index >= 15 is 0 Å². The zero-order chi connectivity index (χ0) is 16.0. The fraction of sp³-hybridized carbons (Fsp3) is 0.217. The summed E-state index contributed by atoms with van der Waals surface area (Å²) in [6.45, 7) is 6.69. The summed E-state index contributed by atoms with van der Waals surface area (Å²) in [5.74, 6) is 0.527. The van der Waals surface area contributed by atoms with Crippen molar-refractivity contribution in [2.24, 2.45) is 5.92 Å². The summed E-state index contributed by atoms with van der Waals surface area (Å²) in [5, 5.41) is 0. The Morgan fingerprint density at radius 3 is 2.48 bits per heavy atom. The highest BCUT2D eigenvalue weighted by molar-refractivity contribution is 5.90. The molecular weight excluding hydrogens is 276 g/mol. The van der Waals surface area contributed by atoms with Crippen molar-refractivity contribution in [3.05, 3.63) is 99.7 Å². The molecule has 0 amide bonds. The largest absolute Gasteiger partial charge is 0.0773 e. The predicted molar refractivity (Wildman–Crippen MR) is 98.5 cm³/mol. The molecule has 0 nitrogen and oxygen atoms in total. The zero-order valence-corrected chi connectivity index (χ0v) is 14.1. The van der Waals surface area contributed by atoms with Gasteiger partial charge in [-0.15, -0.1) is 0 Å². The van der Waals surface area contributed by atoms with E-state index in [1.54, 1.807) is 0 Å². The molecule has 0 heteroatoms. The van der Waals surface area contributed by atoms with Gasteiger partial charge in [0.15, 0.2) is 0 Å². The summed E-state index contributed by atoms with van der Waals surface area (Å²) in [7, 11) is 0. The highest BCUT2D eigenvalue weighted by Crippen LogP contribution is 2.42. The van der Waals surface area contributed by atoms with E-state index in [0.29, 0.717) is 5.92 Å². The first kappa shape index (κ1) is 14.3. The van der Waals surface area contributed by atoms with E-state index in [2.05, 4.69) is 81.5 Å². The van der Waals surface area contributed by atoms with Crippen molar-refractivity contribution in [3.8, 4) is 0 Å². The zero-order valence-electron chi connectivity index (χ0n) is 14.1. The second-order valence-electron chi connectivity index (χ2n) is 6.84. The molecule has 23 heavy (non-hydrogen) atoms. The van der Waals surface area contributed by atoms with Crippen LogP contribution < -0.4 is 0 Å². The van der Waals surface area contributed by atoms with Crippen LogP contribution in [0.15, 0.2) is 71.8 Å². The lowest BCUT2D eigenvalue weighted by Crippen LogP contribution is -2.12. The van der Waals surface area contributed by atoms with Crippen molar-refractivity contribution < 1.29 is 0 Å². The van der Waals surface area contributed by atoms with E-state index in [1.807, 2.05) is 0 Å². The lowest BCUT2D eigenvalue weighted by Gasteiger charge is -2.28. The summed E-state index contributed by atoms with van der Waals surface area (Å²) in [5.41, 5.74) is 11.2. The number of hydrogen-bond acceptors (Lipinski definition) is 0. The van der Waals surface area contributed by atoms with Crippen LogP contribution in [0.25, 0.3) is 5.57 Å². The monoisotopic (exact) mass is 298 g/mol. The maximum Gasteiger partial charge on any atom is -0.00163 e. The molecule has 114 valence electrons. The molecule has 1 atom stereocenters. The molecule has 0 spiro atoms.